The van der Waals surface area contributed by atoms with Crippen molar-refractivity contribution in [3.8, 4) is 11.4 Å². The van der Waals surface area contributed by atoms with Gasteiger partial charge in [-0.15, -0.1) is 0 Å². The SMILES string of the molecule is CN(Cc1ccc(Br)cc1)Cn1nc(-c2ccncc2)n(C2CC2)c1=S. The van der Waals surface area contributed by atoms with Crippen LogP contribution in [0.1, 0.15) is 24.4 Å². The van der Waals surface area contributed by atoms with Crippen LogP contribution in [0.4, 0.5) is 0 Å². The van der Waals surface area contributed by atoms with Crippen LogP contribution in [0.3, 0.4) is 0 Å². The Morgan fingerprint density at radius 2 is 1.85 bits per heavy atom. The first-order chi connectivity index (χ1) is 12.6. The monoisotopic (exact) mass is 429 g/mol. The minimum atomic E-state index is 0.483. The highest BCUT2D eigenvalue weighted by Gasteiger charge is 2.29. The van der Waals surface area contributed by atoms with Crippen LogP contribution in [0.2, 0.25) is 0 Å². The van der Waals surface area contributed by atoms with Crippen molar-refractivity contribution in [3.63, 3.8) is 0 Å². The summed E-state index contributed by atoms with van der Waals surface area (Å²) in [4.78, 5) is 6.33. The third kappa shape index (κ3) is 3.79. The number of aromatic nitrogens is 4. The Morgan fingerprint density at radius 3 is 2.50 bits per heavy atom. The van der Waals surface area contributed by atoms with E-state index in [9.17, 15) is 0 Å². The third-order valence-electron chi connectivity index (χ3n) is 4.46. The standard InChI is InChI=1S/C19H20BrN5S/c1-23(12-14-2-4-16(20)5-3-14)13-24-19(26)25(17-6-7-17)18(22-24)15-8-10-21-11-9-15/h2-5,8-11,17H,6-7,12-13H2,1H3. The van der Waals surface area contributed by atoms with Gasteiger partial charge in [0, 0.05) is 35.0 Å². The summed E-state index contributed by atoms with van der Waals surface area (Å²) in [5, 5.41) is 4.84. The third-order valence-corrected chi connectivity index (χ3v) is 5.40. The van der Waals surface area contributed by atoms with Crippen molar-refractivity contribution in [2.24, 2.45) is 0 Å². The molecule has 1 fully saturated rings. The Morgan fingerprint density at radius 1 is 1.15 bits per heavy atom. The predicted octanol–water partition coefficient (Wildman–Crippen LogP) is 4.66. The lowest BCUT2D eigenvalue weighted by Gasteiger charge is -2.16. The van der Waals surface area contributed by atoms with Crippen LogP contribution < -0.4 is 0 Å². The summed E-state index contributed by atoms with van der Waals surface area (Å²) in [5.74, 6) is 0.942. The van der Waals surface area contributed by atoms with Gasteiger partial charge in [-0.3, -0.25) is 14.5 Å². The van der Waals surface area contributed by atoms with Crippen molar-refractivity contribution in [2.75, 3.05) is 7.05 Å². The molecular weight excluding hydrogens is 410 g/mol. The molecule has 0 N–H and O–H groups in total. The van der Waals surface area contributed by atoms with Crippen LogP contribution in [-0.2, 0) is 13.2 Å². The number of nitrogens with zero attached hydrogens (tertiary/aromatic N) is 5. The topological polar surface area (TPSA) is 38.9 Å². The van der Waals surface area contributed by atoms with Crippen molar-refractivity contribution in [3.05, 3.63) is 63.6 Å². The summed E-state index contributed by atoms with van der Waals surface area (Å²) >= 11 is 9.22. The van der Waals surface area contributed by atoms with E-state index in [2.05, 4.69) is 61.7 Å². The normalized spacial score (nSPS) is 14.1. The second-order valence-corrected chi connectivity index (χ2v) is 8.01. The smallest absolute Gasteiger partial charge is 0.199 e. The van der Waals surface area contributed by atoms with Gasteiger partial charge in [0.15, 0.2) is 10.6 Å². The Labute approximate surface area is 166 Å². The molecule has 1 aliphatic carbocycles. The average molecular weight is 430 g/mol. The second-order valence-electron chi connectivity index (χ2n) is 6.72. The van der Waals surface area contributed by atoms with Gasteiger partial charge in [0.05, 0.1) is 6.67 Å². The van der Waals surface area contributed by atoms with Gasteiger partial charge >= 0.3 is 0 Å². The zero-order chi connectivity index (χ0) is 18.1. The summed E-state index contributed by atoms with van der Waals surface area (Å²) in [6.07, 6.45) is 5.95. The number of hydrogen-bond acceptors (Lipinski definition) is 4. The first kappa shape index (κ1) is 17.6. The van der Waals surface area contributed by atoms with E-state index in [1.165, 1.54) is 18.4 Å². The van der Waals surface area contributed by atoms with Crippen LogP contribution in [0.15, 0.2) is 53.3 Å². The molecular formula is C19H20BrN5S. The molecule has 3 aromatic rings. The zero-order valence-corrected chi connectivity index (χ0v) is 16.9. The summed E-state index contributed by atoms with van der Waals surface area (Å²) < 4.78 is 6.03. The molecule has 134 valence electrons. The van der Waals surface area contributed by atoms with E-state index in [4.69, 9.17) is 17.3 Å². The summed E-state index contributed by atoms with van der Waals surface area (Å²) in [6.45, 7) is 1.50. The maximum atomic E-state index is 5.74. The highest BCUT2D eigenvalue weighted by atomic mass is 79.9. The van der Waals surface area contributed by atoms with E-state index in [1.807, 2.05) is 16.8 Å². The van der Waals surface area contributed by atoms with E-state index in [1.54, 1.807) is 12.4 Å². The minimum absolute atomic E-state index is 0.483. The lowest BCUT2D eigenvalue weighted by atomic mass is 10.2. The molecule has 4 rings (SSSR count). The van der Waals surface area contributed by atoms with E-state index in [-0.39, 0.29) is 0 Å². The summed E-state index contributed by atoms with van der Waals surface area (Å²) in [7, 11) is 2.09. The van der Waals surface area contributed by atoms with Crippen molar-refractivity contribution < 1.29 is 0 Å². The fourth-order valence-electron chi connectivity index (χ4n) is 3.05. The van der Waals surface area contributed by atoms with Gasteiger partial charge in [0.2, 0.25) is 0 Å². The van der Waals surface area contributed by atoms with Gasteiger partial charge in [-0.1, -0.05) is 28.1 Å². The van der Waals surface area contributed by atoms with Crippen LogP contribution in [0, 0.1) is 4.77 Å². The maximum Gasteiger partial charge on any atom is 0.199 e. The molecule has 26 heavy (non-hydrogen) atoms. The van der Waals surface area contributed by atoms with Crippen molar-refractivity contribution in [2.45, 2.75) is 32.1 Å². The van der Waals surface area contributed by atoms with Gasteiger partial charge in [-0.05, 0) is 61.9 Å². The van der Waals surface area contributed by atoms with E-state index in [0.29, 0.717) is 12.7 Å². The molecule has 0 amide bonds. The Kier molecular flexibility index (Phi) is 5.02. The largest absolute Gasteiger partial charge is 0.297 e. The summed E-state index contributed by atoms with van der Waals surface area (Å²) in [5.41, 5.74) is 2.32. The quantitative estimate of drug-likeness (QED) is 0.533. The molecule has 1 aromatic carbocycles. The first-order valence-corrected chi connectivity index (χ1v) is 9.84. The van der Waals surface area contributed by atoms with Crippen molar-refractivity contribution in [1.82, 2.24) is 24.2 Å². The van der Waals surface area contributed by atoms with Gasteiger partial charge < -0.3 is 0 Å². The van der Waals surface area contributed by atoms with E-state index >= 15 is 0 Å². The lowest BCUT2D eigenvalue weighted by molar-refractivity contribution is 0.244. The highest BCUT2D eigenvalue weighted by molar-refractivity contribution is 9.10. The summed E-state index contributed by atoms with van der Waals surface area (Å²) in [6, 6.07) is 12.9. The molecule has 0 bridgehead atoms. The molecule has 2 heterocycles. The first-order valence-electron chi connectivity index (χ1n) is 8.64. The van der Waals surface area contributed by atoms with Crippen LogP contribution in [-0.4, -0.2) is 31.3 Å². The Bertz CT molecular complexity index is 944. The number of rotatable bonds is 6. The lowest BCUT2D eigenvalue weighted by Crippen LogP contribution is -2.22. The number of hydrogen-bond donors (Lipinski definition) is 0. The maximum absolute atomic E-state index is 5.74. The van der Waals surface area contributed by atoms with Crippen molar-refractivity contribution in [1.29, 1.82) is 0 Å². The number of benzene rings is 1. The van der Waals surface area contributed by atoms with Gasteiger partial charge in [0.25, 0.3) is 0 Å². The fourth-order valence-corrected chi connectivity index (χ4v) is 3.65. The Balaban J connectivity index is 1.58. The van der Waals surface area contributed by atoms with Gasteiger partial charge in [-0.2, -0.15) is 5.10 Å². The van der Waals surface area contributed by atoms with Crippen molar-refractivity contribution >= 4 is 28.1 Å². The average Bonchev–Trinajstić information content (AvgIpc) is 3.43. The molecule has 0 atom stereocenters. The number of halogens is 1. The van der Waals surface area contributed by atoms with Gasteiger partial charge in [-0.25, -0.2) is 4.68 Å². The molecule has 7 heteroatoms. The molecule has 0 unspecified atom stereocenters. The van der Waals surface area contributed by atoms with Crippen LogP contribution in [0.5, 0.6) is 0 Å². The molecule has 0 spiro atoms. The van der Waals surface area contributed by atoms with Crippen LogP contribution in [0.25, 0.3) is 11.4 Å². The number of pyridine rings is 1. The molecule has 5 nitrogen and oxygen atoms in total. The molecule has 1 saturated carbocycles. The molecule has 0 radical (unpaired) electrons. The molecule has 2 aromatic heterocycles. The zero-order valence-electron chi connectivity index (χ0n) is 14.5. The molecule has 1 aliphatic rings. The van der Waals surface area contributed by atoms with Gasteiger partial charge in [0.1, 0.15) is 0 Å². The second kappa shape index (κ2) is 7.42. The highest BCUT2D eigenvalue weighted by Crippen LogP contribution is 2.38. The van der Waals surface area contributed by atoms with Crippen LogP contribution >= 0.6 is 28.1 Å². The molecule has 0 saturated heterocycles. The van der Waals surface area contributed by atoms with E-state index in [0.717, 1.165) is 27.2 Å². The molecule has 0 aliphatic heterocycles. The minimum Gasteiger partial charge on any atom is -0.297 e. The predicted molar refractivity (Wildman–Crippen MR) is 108 cm³/mol. The van der Waals surface area contributed by atoms with E-state index < -0.39 is 0 Å². The Hall–Kier alpha value is -1.83. The fraction of sp³-hybridized carbons (Fsp3) is 0.316.